The minimum Gasteiger partial charge on any atom is -0.476 e. The van der Waals surface area contributed by atoms with Gasteiger partial charge in [-0.1, -0.05) is 0 Å². The van der Waals surface area contributed by atoms with Crippen molar-refractivity contribution in [2.24, 2.45) is 0 Å². The zero-order valence-electron chi connectivity index (χ0n) is 10.3. The Morgan fingerprint density at radius 1 is 1.65 bits per heavy atom. The van der Waals surface area contributed by atoms with E-state index in [2.05, 4.69) is 10.4 Å². The molecule has 1 atom stereocenters. The van der Waals surface area contributed by atoms with Crippen LogP contribution in [-0.4, -0.2) is 34.1 Å². The quantitative estimate of drug-likeness (QED) is 0.799. The fourth-order valence-corrected chi connectivity index (χ4v) is 1.59. The second kappa shape index (κ2) is 4.27. The maximum Gasteiger partial charge on any atom is 0.408 e. The summed E-state index contributed by atoms with van der Waals surface area (Å²) in [6.45, 7) is 6.52. The molecule has 0 aromatic carbocycles. The molecule has 1 aliphatic rings. The van der Waals surface area contributed by atoms with E-state index < -0.39 is 11.7 Å². The molecule has 0 saturated heterocycles. The topological polar surface area (TPSA) is 65.4 Å². The van der Waals surface area contributed by atoms with Crippen LogP contribution in [0.4, 0.5) is 4.79 Å². The van der Waals surface area contributed by atoms with Crippen LogP contribution in [0.1, 0.15) is 20.8 Å². The highest BCUT2D eigenvalue weighted by Crippen LogP contribution is 2.15. The molecule has 0 radical (unpaired) electrons. The third kappa shape index (κ3) is 3.12. The minimum atomic E-state index is -0.490. The fraction of sp³-hybridized carbons (Fsp3) is 0.636. The van der Waals surface area contributed by atoms with Gasteiger partial charge in [-0.2, -0.15) is 5.10 Å². The number of nitrogens with zero attached hydrogens (tertiary/aromatic N) is 2. The molecule has 94 valence electrons. The number of rotatable bonds is 1. The van der Waals surface area contributed by atoms with Gasteiger partial charge in [-0.05, 0) is 20.8 Å². The minimum absolute atomic E-state index is 0.114. The highest BCUT2D eigenvalue weighted by atomic mass is 16.6. The summed E-state index contributed by atoms with van der Waals surface area (Å²) in [7, 11) is 0. The molecule has 0 aliphatic carbocycles. The molecule has 0 spiro atoms. The first-order chi connectivity index (χ1) is 7.94. The van der Waals surface area contributed by atoms with Gasteiger partial charge in [-0.25, -0.2) is 9.48 Å². The highest BCUT2D eigenvalue weighted by Gasteiger charge is 2.24. The summed E-state index contributed by atoms with van der Waals surface area (Å²) in [4.78, 5) is 11.6. The summed E-state index contributed by atoms with van der Waals surface area (Å²) in [6.07, 6.45) is 1.24. The van der Waals surface area contributed by atoms with Crippen molar-refractivity contribution >= 4 is 6.09 Å². The molecule has 0 unspecified atom stereocenters. The van der Waals surface area contributed by atoms with E-state index in [9.17, 15) is 4.79 Å². The van der Waals surface area contributed by atoms with Crippen molar-refractivity contribution in [1.82, 2.24) is 15.1 Å². The Hall–Kier alpha value is -1.72. The largest absolute Gasteiger partial charge is 0.476 e. The number of fused-ring (bicyclic) bond motifs is 1. The predicted molar refractivity (Wildman–Crippen MR) is 60.9 cm³/mol. The lowest BCUT2D eigenvalue weighted by Crippen LogP contribution is -2.46. The summed E-state index contributed by atoms with van der Waals surface area (Å²) in [5.74, 6) is 0.729. The molecule has 1 aromatic rings. The van der Waals surface area contributed by atoms with E-state index in [1.807, 2.05) is 20.8 Å². The Morgan fingerprint density at radius 2 is 2.41 bits per heavy atom. The summed E-state index contributed by atoms with van der Waals surface area (Å²) in [5, 5.41) is 6.85. The Balaban J connectivity index is 1.88. The predicted octanol–water partition coefficient (Wildman–Crippen LogP) is 1.17. The van der Waals surface area contributed by atoms with Crippen LogP contribution in [0.3, 0.4) is 0 Å². The molecule has 0 bridgehead atoms. The molecular formula is C11H17N3O3. The van der Waals surface area contributed by atoms with Crippen molar-refractivity contribution in [3.05, 3.63) is 12.3 Å². The number of nitrogens with one attached hydrogen (secondary N) is 1. The molecule has 0 fully saturated rings. The van der Waals surface area contributed by atoms with Crippen LogP contribution >= 0.6 is 0 Å². The number of hydrogen-bond donors (Lipinski definition) is 1. The average molecular weight is 239 g/mol. The Labute approximate surface area is 99.9 Å². The summed E-state index contributed by atoms with van der Waals surface area (Å²) >= 11 is 0. The van der Waals surface area contributed by atoms with Crippen LogP contribution in [0.25, 0.3) is 0 Å². The summed E-state index contributed by atoms with van der Waals surface area (Å²) < 4.78 is 12.3. The Bertz CT molecular complexity index is 408. The third-order valence-electron chi connectivity index (χ3n) is 2.22. The first-order valence-electron chi connectivity index (χ1n) is 5.58. The van der Waals surface area contributed by atoms with Crippen molar-refractivity contribution in [3.8, 4) is 5.88 Å². The van der Waals surface area contributed by atoms with Crippen molar-refractivity contribution in [2.75, 3.05) is 6.61 Å². The maximum atomic E-state index is 11.6. The Kier molecular flexibility index (Phi) is 2.95. The van der Waals surface area contributed by atoms with Gasteiger partial charge in [-0.3, -0.25) is 0 Å². The zero-order chi connectivity index (χ0) is 12.5. The SMILES string of the molecule is CC(C)(C)OC(=O)N[C@H]1COc2ccnn2C1. The number of ether oxygens (including phenoxy) is 2. The van der Waals surface area contributed by atoms with Crippen LogP contribution in [0.2, 0.25) is 0 Å². The molecule has 2 rings (SSSR count). The van der Waals surface area contributed by atoms with Crippen molar-refractivity contribution < 1.29 is 14.3 Å². The number of carbonyl (C=O) groups is 1. The van der Waals surface area contributed by atoms with Gasteiger partial charge in [0.05, 0.1) is 18.8 Å². The Morgan fingerprint density at radius 3 is 3.12 bits per heavy atom. The molecule has 1 aliphatic heterocycles. The third-order valence-corrected chi connectivity index (χ3v) is 2.22. The molecule has 1 amide bonds. The van der Waals surface area contributed by atoms with Gasteiger partial charge in [0.25, 0.3) is 0 Å². The lowest BCUT2D eigenvalue weighted by molar-refractivity contribution is 0.0461. The number of aromatic nitrogens is 2. The smallest absolute Gasteiger partial charge is 0.408 e. The van der Waals surface area contributed by atoms with E-state index in [-0.39, 0.29) is 6.04 Å². The van der Waals surface area contributed by atoms with E-state index in [4.69, 9.17) is 9.47 Å². The monoisotopic (exact) mass is 239 g/mol. The maximum absolute atomic E-state index is 11.6. The second-order valence-electron chi connectivity index (χ2n) is 5.01. The van der Waals surface area contributed by atoms with Crippen LogP contribution in [0.5, 0.6) is 5.88 Å². The van der Waals surface area contributed by atoms with Crippen molar-refractivity contribution in [3.63, 3.8) is 0 Å². The van der Waals surface area contributed by atoms with E-state index in [0.717, 1.165) is 5.88 Å². The van der Waals surface area contributed by atoms with Gasteiger partial charge >= 0.3 is 6.09 Å². The van der Waals surface area contributed by atoms with E-state index in [1.165, 1.54) is 0 Å². The molecule has 6 heteroatoms. The van der Waals surface area contributed by atoms with Crippen LogP contribution < -0.4 is 10.1 Å². The number of amides is 1. The normalized spacial score (nSPS) is 19.1. The molecule has 1 aromatic heterocycles. The van der Waals surface area contributed by atoms with Crippen LogP contribution in [-0.2, 0) is 11.3 Å². The van der Waals surface area contributed by atoms with Crippen LogP contribution in [0.15, 0.2) is 12.3 Å². The van der Waals surface area contributed by atoms with E-state index >= 15 is 0 Å². The highest BCUT2D eigenvalue weighted by molar-refractivity contribution is 5.68. The van der Waals surface area contributed by atoms with Gasteiger partial charge < -0.3 is 14.8 Å². The van der Waals surface area contributed by atoms with Gasteiger partial charge in [0, 0.05) is 6.07 Å². The van der Waals surface area contributed by atoms with Gasteiger partial charge in [0.2, 0.25) is 5.88 Å². The number of hydrogen-bond acceptors (Lipinski definition) is 4. The summed E-state index contributed by atoms with van der Waals surface area (Å²) in [5.41, 5.74) is -0.490. The van der Waals surface area contributed by atoms with Gasteiger partial charge in [-0.15, -0.1) is 0 Å². The van der Waals surface area contributed by atoms with Gasteiger partial charge in [0.1, 0.15) is 12.2 Å². The van der Waals surface area contributed by atoms with Crippen molar-refractivity contribution in [1.29, 1.82) is 0 Å². The van der Waals surface area contributed by atoms with E-state index in [0.29, 0.717) is 13.2 Å². The lowest BCUT2D eigenvalue weighted by atomic mass is 10.2. The zero-order valence-corrected chi connectivity index (χ0v) is 10.3. The molecule has 6 nitrogen and oxygen atoms in total. The average Bonchev–Trinajstić information content (AvgIpc) is 2.61. The lowest BCUT2D eigenvalue weighted by Gasteiger charge is -2.26. The van der Waals surface area contributed by atoms with Gasteiger partial charge in [0.15, 0.2) is 0 Å². The fourth-order valence-electron chi connectivity index (χ4n) is 1.59. The molecule has 1 N–H and O–H groups in total. The molecule has 17 heavy (non-hydrogen) atoms. The summed E-state index contributed by atoms with van der Waals surface area (Å²) in [6, 6.07) is 1.68. The standard InChI is InChI=1S/C11H17N3O3/c1-11(2,3)17-10(15)13-8-6-14-9(16-7-8)4-5-12-14/h4-5,8H,6-7H2,1-3H3,(H,13,15)/t8-/m1/s1. The molecule has 2 heterocycles. The second-order valence-corrected chi connectivity index (χ2v) is 5.01. The first kappa shape index (κ1) is 11.8. The van der Waals surface area contributed by atoms with E-state index in [1.54, 1.807) is 16.9 Å². The molecular weight excluding hydrogens is 222 g/mol. The van der Waals surface area contributed by atoms with Crippen molar-refractivity contribution in [2.45, 2.75) is 39.0 Å². The number of carbonyl (C=O) groups excluding carboxylic acids is 1. The number of alkyl carbamates (subject to hydrolysis) is 1. The van der Waals surface area contributed by atoms with Crippen LogP contribution in [0, 0.1) is 0 Å². The molecule has 0 saturated carbocycles. The first-order valence-corrected chi connectivity index (χ1v) is 5.58.